The van der Waals surface area contributed by atoms with Crippen LogP contribution >= 0.6 is 0 Å². The highest BCUT2D eigenvalue weighted by atomic mass is 16.5. The number of carbonyl (C=O) groups excluding carboxylic acids is 1. The summed E-state index contributed by atoms with van der Waals surface area (Å²) < 4.78 is 5.20. The van der Waals surface area contributed by atoms with Crippen molar-refractivity contribution in [2.24, 2.45) is 5.41 Å². The zero-order chi connectivity index (χ0) is 12.2. The van der Waals surface area contributed by atoms with Crippen LogP contribution < -0.4 is 4.74 Å². The molecule has 0 radical (unpaired) electrons. The van der Waals surface area contributed by atoms with Gasteiger partial charge in [-0.1, -0.05) is 39.0 Å². The van der Waals surface area contributed by atoms with Crippen molar-refractivity contribution in [2.45, 2.75) is 20.8 Å². The van der Waals surface area contributed by atoms with Crippen molar-refractivity contribution in [1.29, 1.82) is 0 Å². The van der Waals surface area contributed by atoms with Crippen molar-refractivity contribution in [3.63, 3.8) is 0 Å². The maximum absolute atomic E-state index is 11.7. The average Bonchev–Trinajstić information content (AvgIpc) is 2.24. The number of hydrogen-bond donors (Lipinski definition) is 0. The predicted octanol–water partition coefficient (Wildman–Crippen LogP) is 3.32. The van der Waals surface area contributed by atoms with Gasteiger partial charge < -0.3 is 4.74 Å². The Kier molecular flexibility index (Phi) is 3.88. The van der Waals surface area contributed by atoms with E-state index in [1.165, 1.54) is 0 Å². The van der Waals surface area contributed by atoms with Crippen molar-refractivity contribution in [1.82, 2.24) is 0 Å². The molecule has 0 aromatic heterocycles. The van der Waals surface area contributed by atoms with Crippen molar-refractivity contribution in [2.75, 3.05) is 7.11 Å². The Morgan fingerprint density at radius 1 is 1.25 bits per heavy atom. The fraction of sp³-hybridized carbons (Fsp3) is 0.357. The largest absolute Gasteiger partial charge is 0.496 e. The minimum atomic E-state index is -0.335. The fourth-order valence-electron chi connectivity index (χ4n) is 1.22. The highest BCUT2D eigenvalue weighted by Gasteiger charge is 2.17. The van der Waals surface area contributed by atoms with Crippen LogP contribution in [0.1, 0.15) is 26.3 Å². The SMILES string of the molecule is COc1ccccc1/C=C/C(=O)C(C)(C)C. The van der Waals surface area contributed by atoms with Crippen molar-refractivity contribution >= 4 is 11.9 Å². The Bertz CT molecular complexity index is 397. The summed E-state index contributed by atoms with van der Waals surface area (Å²) in [5.41, 5.74) is 0.584. The van der Waals surface area contributed by atoms with Gasteiger partial charge in [0.05, 0.1) is 7.11 Å². The van der Waals surface area contributed by atoms with E-state index in [1.807, 2.05) is 45.0 Å². The number of hydrogen-bond acceptors (Lipinski definition) is 2. The second kappa shape index (κ2) is 4.97. The van der Waals surface area contributed by atoms with Gasteiger partial charge in [0.25, 0.3) is 0 Å². The molecule has 0 N–H and O–H groups in total. The van der Waals surface area contributed by atoms with E-state index in [1.54, 1.807) is 19.3 Å². The van der Waals surface area contributed by atoms with Crippen LogP contribution in [0.25, 0.3) is 6.08 Å². The molecule has 0 heterocycles. The topological polar surface area (TPSA) is 26.3 Å². The van der Waals surface area contributed by atoms with E-state index in [9.17, 15) is 4.79 Å². The summed E-state index contributed by atoms with van der Waals surface area (Å²) in [6, 6.07) is 7.62. The van der Waals surface area contributed by atoms with E-state index < -0.39 is 0 Å². The van der Waals surface area contributed by atoms with E-state index in [2.05, 4.69) is 0 Å². The molecule has 0 atom stereocenters. The summed E-state index contributed by atoms with van der Waals surface area (Å²) in [5.74, 6) is 0.888. The first-order valence-corrected chi connectivity index (χ1v) is 5.30. The molecule has 0 fully saturated rings. The Morgan fingerprint density at radius 2 is 1.88 bits per heavy atom. The lowest BCUT2D eigenvalue weighted by molar-refractivity contribution is -0.121. The average molecular weight is 218 g/mol. The number of ketones is 1. The van der Waals surface area contributed by atoms with Crippen LogP contribution in [0.5, 0.6) is 5.75 Å². The monoisotopic (exact) mass is 218 g/mol. The summed E-state index contributed by atoms with van der Waals surface area (Å²) in [5, 5.41) is 0. The first-order chi connectivity index (χ1) is 7.45. The molecule has 1 rings (SSSR count). The third kappa shape index (κ3) is 3.23. The standard InChI is InChI=1S/C14H18O2/c1-14(2,3)13(15)10-9-11-7-5-6-8-12(11)16-4/h5-10H,1-4H3/b10-9+. The molecule has 0 saturated carbocycles. The van der Waals surface area contributed by atoms with E-state index in [4.69, 9.17) is 4.74 Å². The second-order valence-electron chi connectivity index (χ2n) is 4.69. The first-order valence-electron chi connectivity index (χ1n) is 5.30. The second-order valence-corrected chi connectivity index (χ2v) is 4.69. The van der Waals surface area contributed by atoms with E-state index in [0.717, 1.165) is 11.3 Å². The quantitative estimate of drug-likeness (QED) is 0.727. The zero-order valence-electron chi connectivity index (χ0n) is 10.3. The van der Waals surface area contributed by atoms with E-state index >= 15 is 0 Å². The van der Waals surface area contributed by atoms with Crippen LogP contribution in [0.2, 0.25) is 0 Å². The summed E-state index contributed by atoms with van der Waals surface area (Å²) in [6.07, 6.45) is 3.41. The maximum atomic E-state index is 11.7. The molecular formula is C14H18O2. The van der Waals surface area contributed by atoms with E-state index in [-0.39, 0.29) is 11.2 Å². The Labute approximate surface area is 96.9 Å². The number of allylic oxidation sites excluding steroid dienone is 1. The minimum Gasteiger partial charge on any atom is -0.496 e. The minimum absolute atomic E-state index is 0.110. The van der Waals surface area contributed by atoms with Crippen LogP contribution in [0, 0.1) is 5.41 Å². The highest BCUT2D eigenvalue weighted by molar-refractivity contribution is 5.97. The molecule has 1 aromatic rings. The van der Waals surface area contributed by atoms with Gasteiger partial charge in [-0.2, -0.15) is 0 Å². The third-order valence-corrected chi connectivity index (χ3v) is 2.29. The van der Waals surface area contributed by atoms with Crippen LogP contribution in [-0.2, 0) is 4.79 Å². The summed E-state index contributed by atoms with van der Waals surface area (Å²) in [4.78, 5) is 11.7. The number of para-hydroxylation sites is 1. The van der Waals surface area contributed by atoms with Crippen molar-refractivity contribution in [3.05, 3.63) is 35.9 Å². The van der Waals surface area contributed by atoms with Crippen LogP contribution in [0.3, 0.4) is 0 Å². The van der Waals surface area contributed by atoms with Gasteiger partial charge in [0, 0.05) is 11.0 Å². The number of rotatable bonds is 3. The molecule has 2 nitrogen and oxygen atoms in total. The van der Waals surface area contributed by atoms with Crippen LogP contribution in [-0.4, -0.2) is 12.9 Å². The normalized spacial score (nSPS) is 11.8. The maximum Gasteiger partial charge on any atom is 0.161 e. The lowest BCUT2D eigenvalue weighted by Gasteiger charge is -2.13. The highest BCUT2D eigenvalue weighted by Crippen LogP contribution is 2.20. The van der Waals surface area contributed by atoms with Gasteiger partial charge in [-0.15, -0.1) is 0 Å². The third-order valence-electron chi connectivity index (χ3n) is 2.29. The van der Waals surface area contributed by atoms with Gasteiger partial charge in [-0.3, -0.25) is 4.79 Å². The summed E-state index contributed by atoms with van der Waals surface area (Å²) in [6.45, 7) is 5.71. The molecule has 0 aliphatic carbocycles. The molecule has 1 aromatic carbocycles. The predicted molar refractivity (Wildman–Crippen MR) is 66.5 cm³/mol. The summed E-state index contributed by atoms with van der Waals surface area (Å²) in [7, 11) is 1.62. The zero-order valence-corrected chi connectivity index (χ0v) is 10.3. The van der Waals surface area contributed by atoms with Gasteiger partial charge >= 0.3 is 0 Å². The molecule has 0 saturated heterocycles. The number of methoxy groups -OCH3 is 1. The molecule has 0 aliphatic heterocycles. The fourth-order valence-corrected chi connectivity index (χ4v) is 1.22. The molecule has 0 unspecified atom stereocenters. The number of benzene rings is 1. The molecule has 0 amide bonds. The lowest BCUT2D eigenvalue weighted by atomic mass is 9.90. The Hall–Kier alpha value is -1.57. The first kappa shape index (κ1) is 12.5. The molecule has 16 heavy (non-hydrogen) atoms. The van der Waals surface area contributed by atoms with Gasteiger partial charge in [0.1, 0.15) is 5.75 Å². The Balaban J connectivity index is 2.88. The van der Waals surface area contributed by atoms with Gasteiger partial charge in [0.15, 0.2) is 5.78 Å². The molecule has 0 spiro atoms. The molecule has 0 aliphatic rings. The molecule has 86 valence electrons. The Morgan fingerprint density at radius 3 is 2.44 bits per heavy atom. The number of carbonyl (C=O) groups is 1. The smallest absolute Gasteiger partial charge is 0.161 e. The lowest BCUT2D eigenvalue weighted by Crippen LogP contribution is -2.17. The van der Waals surface area contributed by atoms with Gasteiger partial charge in [-0.25, -0.2) is 0 Å². The van der Waals surface area contributed by atoms with Crippen molar-refractivity contribution < 1.29 is 9.53 Å². The molecular weight excluding hydrogens is 200 g/mol. The molecule has 2 heteroatoms. The van der Waals surface area contributed by atoms with E-state index in [0.29, 0.717) is 0 Å². The molecule has 0 bridgehead atoms. The van der Waals surface area contributed by atoms with Crippen molar-refractivity contribution in [3.8, 4) is 5.75 Å². The number of ether oxygens (including phenoxy) is 1. The van der Waals surface area contributed by atoms with Gasteiger partial charge in [-0.05, 0) is 18.2 Å². The van der Waals surface area contributed by atoms with Gasteiger partial charge in [0.2, 0.25) is 0 Å². The van der Waals surface area contributed by atoms with Crippen LogP contribution in [0.15, 0.2) is 30.3 Å². The summed E-state index contributed by atoms with van der Waals surface area (Å²) >= 11 is 0. The van der Waals surface area contributed by atoms with Crippen LogP contribution in [0.4, 0.5) is 0 Å².